The van der Waals surface area contributed by atoms with Crippen LogP contribution in [-0.2, 0) is 6.18 Å². The summed E-state index contributed by atoms with van der Waals surface area (Å²) < 4.78 is 59.6. The van der Waals surface area contributed by atoms with Gasteiger partial charge in [0.1, 0.15) is 23.1 Å². The van der Waals surface area contributed by atoms with Crippen LogP contribution in [0.2, 0.25) is 0 Å². The molecule has 2 N–H and O–H groups in total. The average Bonchev–Trinajstić information content (AvgIpc) is 2.83. The molecular formula is C24H26F4N2O2S. The number of alkyl halides is 3. The van der Waals surface area contributed by atoms with Crippen molar-refractivity contribution in [3.05, 3.63) is 84.2 Å². The highest BCUT2D eigenvalue weighted by molar-refractivity contribution is 7.80. The number of benzene rings is 3. The van der Waals surface area contributed by atoms with Gasteiger partial charge in [0.15, 0.2) is 0 Å². The van der Waals surface area contributed by atoms with Gasteiger partial charge in [-0.05, 0) is 72.8 Å². The molecule has 0 radical (unpaired) electrons. The van der Waals surface area contributed by atoms with Crippen molar-refractivity contribution in [2.45, 2.75) is 11.1 Å². The first-order valence-electron chi connectivity index (χ1n) is 10.1. The van der Waals surface area contributed by atoms with Gasteiger partial charge in [0.25, 0.3) is 0 Å². The lowest BCUT2D eigenvalue weighted by atomic mass is 10.2. The molecule has 0 amide bonds. The predicted octanol–water partition coefficient (Wildman–Crippen LogP) is 5.80. The van der Waals surface area contributed by atoms with Crippen molar-refractivity contribution in [1.82, 2.24) is 10.6 Å². The maximum atomic E-state index is 12.4. The van der Waals surface area contributed by atoms with Crippen LogP contribution in [0.25, 0.3) is 0 Å². The van der Waals surface area contributed by atoms with Crippen LogP contribution >= 0.6 is 12.6 Å². The average molecular weight is 483 g/mol. The Labute approximate surface area is 196 Å². The molecule has 0 aromatic heterocycles. The zero-order valence-electron chi connectivity index (χ0n) is 18.0. The highest BCUT2D eigenvalue weighted by Gasteiger charge is 2.30. The Bertz CT molecular complexity index is 898. The van der Waals surface area contributed by atoms with Gasteiger partial charge < -0.3 is 20.1 Å². The van der Waals surface area contributed by atoms with Gasteiger partial charge in [0.2, 0.25) is 0 Å². The van der Waals surface area contributed by atoms with Gasteiger partial charge >= 0.3 is 6.18 Å². The lowest BCUT2D eigenvalue weighted by molar-refractivity contribution is -0.137. The fourth-order valence-corrected chi connectivity index (χ4v) is 2.69. The van der Waals surface area contributed by atoms with E-state index in [1.54, 1.807) is 43.5 Å². The first-order chi connectivity index (χ1) is 15.8. The van der Waals surface area contributed by atoms with E-state index in [2.05, 4.69) is 23.3 Å². The molecule has 33 heavy (non-hydrogen) atoms. The lowest BCUT2D eigenvalue weighted by Gasteiger charge is -2.11. The van der Waals surface area contributed by atoms with Crippen LogP contribution < -0.4 is 20.1 Å². The summed E-state index contributed by atoms with van der Waals surface area (Å²) in [6.07, 6.45) is -4.33. The van der Waals surface area contributed by atoms with Crippen molar-refractivity contribution in [2.75, 3.05) is 33.3 Å². The Morgan fingerprint density at radius 1 is 0.697 bits per heavy atom. The maximum Gasteiger partial charge on any atom is 0.416 e. The highest BCUT2D eigenvalue weighted by atomic mass is 32.1. The number of halogens is 4. The Balaban J connectivity index is 0.000000223. The standard InChI is InChI=1S/C14H11F3O2.C6H5FS.C4H10N2/c1-18-11-6-8-13(9-7-11)19-12-4-2-10(3-5-12)14(15,16)17;7-5-1-3-6(8)4-2-5;1-2-6-4-3-5-1/h2-9H,1H3;1-4,8H;5-6H,1-4H2. The summed E-state index contributed by atoms with van der Waals surface area (Å²) in [7, 11) is 1.55. The Morgan fingerprint density at radius 3 is 1.48 bits per heavy atom. The normalized spacial score (nSPS) is 13.0. The fraction of sp³-hybridized carbons (Fsp3) is 0.250. The maximum absolute atomic E-state index is 12.4. The second-order valence-electron chi connectivity index (χ2n) is 6.78. The minimum Gasteiger partial charge on any atom is -0.497 e. The Kier molecular flexibility index (Phi) is 11.0. The number of nitrogens with one attached hydrogen (secondary N) is 2. The van der Waals surface area contributed by atoms with Gasteiger partial charge in [-0.15, -0.1) is 12.6 Å². The van der Waals surface area contributed by atoms with Crippen molar-refractivity contribution in [1.29, 1.82) is 0 Å². The van der Waals surface area contributed by atoms with E-state index >= 15 is 0 Å². The molecule has 0 bridgehead atoms. The molecule has 0 unspecified atom stereocenters. The van der Waals surface area contributed by atoms with Crippen molar-refractivity contribution in [3.63, 3.8) is 0 Å². The molecule has 1 aliphatic rings. The molecule has 3 aromatic rings. The number of thiol groups is 1. The zero-order chi connectivity index (χ0) is 24.1. The summed E-state index contributed by atoms with van der Waals surface area (Å²) in [4.78, 5) is 0.784. The van der Waals surface area contributed by atoms with Gasteiger partial charge in [-0.1, -0.05) is 0 Å². The minimum atomic E-state index is -4.33. The second-order valence-corrected chi connectivity index (χ2v) is 7.29. The Hall–Kier alpha value is -2.75. The summed E-state index contributed by atoms with van der Waals surface area (Å²) in [6.45, 7) is 4.56. The number of ether oxygens (including phenoxy) is 2. The van der Waals surface area contributed by atoms with Crippen LogP contribution in [0.3, 0.4) is 0 Å². The molecule has 0 saturated carbocycles. The fourth-order valence-electron chi connectivity index (χ4n) is 2.54. The second kappa shape index (κ2) is 13.7. The zero-order valence-corrected chi connectivity index (χ0v) is 18.9. The van der Waals surface area contributed by atoms with E-state index < -0.39 is 11.7 Å². The molecule has 1 aliphatic heterocycles. The van der Waals surface area contributed by atoms with Gasteiger partial charge in [-0.2, -0.15) is 13.2 Å². The van der Waals surface area contributed by atoms with Crippen LogP contribution in [-0.4, -0.2) is 33.3 Å². The quantitative estimate of drug-likeness (QED) is 0.326. The molecule has 178 valence electrons. The number of piperazine rings is 1. The molecule has 1 heterocycles. The van der Waals surface area contributed by atoms with E-state index in [9.17, 15) is 17.6 Å². The third kappa shape index (κ3) is 10.6. The predicted molar refractivity (Wildman–Crippen MR) is 124 cm³/mol. The van der Waals surface area contributed by atoms with Crippen LogP contribution in [0.15, 0.2) is 77.7 Å². The molecule has 4 rings (SSSR count). The number of methoxy groups -OCH3 is 1. The van der Waals surface area contributed by atoms with Crippen molar-refractivity contribution in [3.8, 4) is 17.2 Å². The largest absolute Gasteiger partial charge is 0.497 e. The van der Waals surface area contributed by atoms with E-state index in [-0.39, 0.29) is 5.82 Å². The summed E-state index contributed by atoms with van der Waals surface area (Å²) in [5.74, 6) is 1.33. The molecule has 3 aromatic carbocycles. The molecule has 1 fully saturated rings. The summed E-state index contributed by atoms with van der Waals surface area (Å²) in [5.41, 5.74) is -0.699. The van der Waals surface area contributed by atoms with E-state index in [1.165, 1.54) is 24.3 Å². The van der Waals surface area contributed by atoms with Gasteiger partial charge in [0, 0.05) is 31.1 Å². The van der Waals surface area contributed by atoms with Crippen LogP contribution in [0.5, 0.6) is 17.2 Å². The van der Waals surface area contributed by atoms with Crippen molar-refractivity contribution >= 4 is 12.6 Å². The van der Waals surface area contributed by atoms with Crippen molar-refractivity contribution in [2.24, 2.45) is 0 Å². The van der Waals surface area contributed by atoms with Gasteiger partial charge in [-0.25, -0.2) is 4.39 Å². The van der Waals surface area contributed by atoms with E-state index in [4.69, 9.17) is 9.47 Å². The SMILES string of the molecule is C1CNCCN1.COc1ccc(Oc2ccc(C(F)(F)F)cc2)cc1.Fc1ccc(S)cc1. The number of hydrogen-bond donors (Lipinski definition) is 3. The molecule has 9 heteroatoms. The summed E-state index contributed by atoms with van der Waals surface area (Å²) >= 11 is 3.97. The first-order valence-corrected chi connectivity index (χ1v) is 10.6. The monoisotopic (exact) mass is 482 g/mol. The van der Waals surface area contributed by atoms with Crippen LogP contribution in [0, 0.1) is 5.82 Å². The van der Waals surface area contributed by atoms with Crippen molar-refractivity contribution < 1.29 is 27.0 Å². The smallest absolute Gasteiger partial charge is 0.416 e. The van der Waals surface area contributed by atoms with E-state index in [0.29, 0.717) is 17.2 Å². The summed E-state index contributed by atoms with van der Waals surface area (Å²) in [5, 5.41) is 6.44. The molecule has 4 nitrogen and oxygen atoms in total. The van der Waals surface area contributed by atoms with E-state index in [0.717, 1.165) is 43.2 Å². The van der Waals surface area contributed by atoms with Gasteiger partial charge in [-0.3, -0.25) is 0 Å². The minimum absolute atomic E-state index is 0.220. The van der Waals surface area contributed by atoms with Crippen LogP contribution in [0.1, 0.15) is 5.56 Å². The number of rotatable bonds is 3. The lowest BCUT2D eigenvalue weighted by Crippen LogP contribution is -2.39. The Morgan fingerprint density at radius 2 is 1.12 bits per heavy atom. The molecule has 0 atom stereocenters. The molecule has 1 saturated heterocycles. The topological polar surface area (TPSA) is 42.5 Å². The first kappa shape index (κ1) is 26.5. The molecule has 0 spiro atoms. The van der Waals surface area contributed by atoms with E-state index in [1.807, 2.05) is 0 Å². The summed E-state index contributed by atoms with van der Waals surface area (Å²) in [6, 6.07) is 17.3. The third-order valence-corrected chi connectivity index (χ3v) is 4.56. The highest BCUT2D eigenvalue weighted by Crippen LogP contribution is 2.31. The third-order valence-electron chi connectivity index (χ3n) is 4.26. The molecular weight excluding hydrogens is 456 g/mol. The number of hydrogen-bond acceptors (Lipinski definition) is 5. The van der Waals surface area contributed by atoms with Crippen LogP contribution in [0.4, 0.5) is 17.6 Å². The molecule has 0 aliphatic carbocycles. The van der Waals surface area contributed by atoms with Gasteiger partial charge in [0.05, 0.1) is 12.7 Å².